The number of benzene rings is 1. The Morgan fingerprint density at radius 2 is 1.88 bits per heavy atom. The van der Waals surface area contributed by atoms with E-state index in [1.54, 1.807) is 30.9 Å². The number of primary amides is 1. The molecule has 1 aliphatic heterocycles. The van der Waals surface area contributed by atoms with Gasteiger partial charge in [-0.15, -0.1) is 0 Å². The zero-order valence-corrected chi connectivity index (χ0v) is 14.9. The van der Waals surface area contributed by atoms with E-state index >= 15 is 0 Å². The molecular weight excluding hydrogens is 336 g/mol. The number of carbonyl (C=O) groups excluding carboxylic acids is 2. The summed E-state index contributed by atoms with van der Waals surface area (Å²) in [4.78, 5) is 37.9. The number of amides is 2. The van der Waals surface area contributed by atoms with Gasteiger partial charge in [-0.2, -0.15) is 0 Å². The lowest BCUT2D eigenvalue weighted by molar-refractivity contribution is -0.134. The van der Waals surface area contributed by atoms with Crippen molar-refractivity contribution in [2.45, 2.75) is 33.1 Å². The number of hydrogen-bond acceptors (Lipinski definition) is 5. The van der Waals surface area contributed by atoms with E-state index in [0.29, 0.717) is 53.6 Å². The summed E-state index contributed by atoms with van der Waals surface area (Å²) in [7, 11) is 0. The van der Waals surface area contributed by atoms with Crippen LogP contribution in [0.3, 0.4) is 0 Å². The minimum Gasteiger partial charge on any atom is -0.508 e. The molecule has 2 heterocycles. The normalized spacial score (nSPS) is 15.4. The highest BCUT2D eigenvalue weighted by Crippen LogP contribution is 2.28. The topological polar surface area (TPSA) is 114 Å². The van der Waals surface area contributed by atoms with Crippen molar-refractivity contribution in [1.82, 2.24) is 4.90 Å². The monoisotopic (exact) mass is 358 g/mol. The Bertz CT molecular complexity index is 939. The molecule has 7 nitrogen and oxygen atoms in total. The largest absolute Gasteiger partial charge is 0.508 e. The summed E-state index contributed by atoms with van der Waals surface area (Å²) in [6.07, 6.45) is 1.04. The smallest absolute Gasteiger partial charge is 0.340 e. The second kappa shape index (κ2) is 6.82. The number of aromatic hydroxyl groups is 1. The fourth-order valence-electron chi connectivity index (χ4n) is 3.46. The first kappa shape index (κ1) is 18.0. The molecule has 0 atom stereocenters. The fourth-order valence-corrected chi connectivity index (χ4v) is 3.46. The number of likely N-dealkylation sites (tertiary alicyclic amines) is 1. The number of phenolic OH excluding ortho intramolecular Hbond substituents is 1. The standard InChI is InChI=1S/C19H22N2O5/c1-10-13-3-4-15(22)11(2)17(13)26-19(25)14(10)9-16(23)21-7-5-12(6-8-21)18(20)24/h3-4,12,22H,5-9H2,1-2H3,(H2,20,24). The zero-order chi connectivity index (χ0) is 19.0. The van der Waals surface area contributed by atoms with Crippen molar-refractivity contribution in [3.63, 3.8) is 0 Å². The van der Waals surface area contributed by atoms with Crippen LogP contribution in [-0.2, 0) is 16.0 Å². The average molecular weight is 358 g/mol. The summed E-state index contributed by atoms with van der Waals surface area (Å²) in [6.45, 7) is 4.36. The first-order valence-corrected chi connectivity index (χ1v) is 8.61. The Kier molecular flexibility index (Phi) is 4.71. The molecule has 7 heteroatoms. The minimum atomic E-state index is -0.566. The molecule has 0 radical (unpaired) electrons. The predicted molar refractivity (Wildman–Crippen MR) is 95.8 cm³/mol. The Hall–Kier alpha value is -2.83. The van der Waals surface area contributed by atoms with Crippen molar-refractivity contribution in [3.8, 4) is 5.75 Å². The van der Waals surface area contributed by atoms with Crippen molar-refractivity contribution < 1.29 is 19.1 Å². The van der Waals surface area contributed by atoms with E-state index in [1.807, 2.05) is 0 Å². The molecule has 2 aromatic rings. The summed E-state index contributed by atoms with van der Waals surface area (Å²) in [5, 5.41) is 10.5. The molecular formula is C19H22N2O5. The van der Waals surface area contributed by atoms with Crippen molar-refractivity contribution in [1.29, 1.82) is 0 Å². The van der Waals surface area contributed by atoms with E-state index in [0.717, 1.165) is 0 Å². The maximum Gasteiger partial charge on any atom is 0.340 e. The molecule has 0 saturated carbocycles. The Labute approximate surface area is 150 Å². The molecule has 0 aliphatic carbocycles. The van der Waals surface area contributed by atoms with Crippen LogP contribution in [0.4, 0.5) is 0 Å². The summed E-state index contributed by atoms with van der Waals surface area (Å²) >= 11 is 0. The van der Waals surface area contributed by atoms with Gasteiger partial charge in [0.1, 0.15) is 11.3 Å². The first-order chi connectivity index (χ1) is 12.3. The van der Waals surface area contributed by atoms with Gasteiger partial charge in [0.2, 0.25) is 11.8 Å². The van der Waals surface area contributed by atoms with Crippen LogP contribution in [0.2, 0.25) is 0 Å². The van der Waals surface area contributed by atoms with Crippen LogP contribution in [0.5, 0.6) is 5.75 Å². The van der Waals surface area contributed by atoms with E-state index in [4.69, 9.17) is 10.2 Å². The molecule has 138 valence electrons. The number of carbonyl (C=O) groups is 2. The molecule has 1 saturated heterocycles. The van der Waals surface area contributed by atoms with E-state index in [9.17, 15) is 19.5 Å². The number of rotatable bonds is 3. The number of nitrogens with two attached hydrogens (primary N) is 1. The molecule has 1 aromatic carbocycles. The van der Waals surface area contributed by atoms with Crippen molar-refractivity contribution in [2.24, 2.45) is 11.7 Å². The molecule has 1 aromatic heterocycles. The van der Waals surface area contributed by atoms with Crippen molar-refractivity contribution in [2.75, 3.05) is 13.1 Å². The molecule has 0 spiro atoms. The lowest BCUT2D eigenvalue weighted by Crippen LogP contribution is -2.42. The molecule has 3 rings (SSSR count). The summed E-state index contributed by atoms with van der Waals surface area (Å²) in [5.41, 5.74) is 6.59. The van der Waals surface area contributed by atoms with E-state index in [1.165, 1.54) is 0 Å². The van der Waals surface area contributed by atoms with Gasteiger partial charge < -0.3 is 20.2 Å². The van der Waals surface area contributed by atoms with Crippen LogP contribution in [0, 0.1) is 19.8 Å². The van der Waals surface area contributed by atoms with Gasteiger partial charge in [0, 0.05) is 30.0 Å². The maximum atomic E-state index is 12.6. The third-order valence-electron chi connectivity index (χ3n) is 5.25. The van der Waals surface area contributed by atoms with Crippen LogP contribution in [0.1, 0.15) is 29.5 Å². The van der Waals surface area contributed by atoms with Crippen molar-refractivity contribution in [3.05, 3.63) is 39.2 Å². The third-order valence-corrected chi connectivity index (χ3v) is 5.25. The van der Waals surface area contributed by atoms with Crippen LogP contribution < -0.4 is 11.4 Å². The maximum absolute atomic E-state index is 12.6. The van der Waals surface area contributed by atoms with Gasteiger partial charge in [-0.3, -0.25) is 9.59 Å². The molecule has 1 fully saturated rings. The number of piperidine rings is 1. The SMILES string of the molecule is Cc1c(CC(=O)N2CCC(C(N)=O)CC2)c(=O)oc2c(C)c(O)ccc12. The number of nitrogens with zero attached hydrogens (tertiary/aromatic N) is 1. The summed E-state index contributed by atoms with van der Waals surface area (Å²) in [5.74, 6) is -0.636. The van der Waals surface area contributed by atoms with Crippen LogP contribution in [0.25, 0.3) is 11.0 Å². The molecule has 1 aliphatic rings. The molecule has 0 unspecified atom stereocenters. The van der Waals surface area contributed by atoms with Crippen LogP contribution in [-0.4, -0.2) is 34.9 Å². The van der Waals surface area contributed by atoms with Gasteiger partial charge in [0.05, 0.1) is 12.0 Å². The number of fused-ring (bicyclic) bond motifs is 1. The Balaban J connectivity index is 1.85. The second-order valence-corrected chi connectivity index (χ2v) is 6.81. The van der Waals surface area contributed by atoms with E-state index in [2.05, 4.69) is 0 Å². The lowest BCUT2D eigenvalue weighted by Gasteiger charge is -2.30. The Morgan fingerprint density at radius 3 is 2.50 bits per heavy atom. The third kappa shape index (κ3) is 3.16. The van der Waals surface area contributed by atoms with Crippen LogP contribution in [0.15, 0.2) is 21.3 Å². The highest BCUT2D eigenvalue weighted by Gasteiger charge is 2.27. The van der Waals surface area contributed by atoms with Crippen LogP contribution >= 0.6 is 0 Å². The quantitative estimate of drug-likeness (QED) is 0.805. The van der Waals surface area contributed by atoms with Gasteiger partial charge >= 0.3 is 5.63 Å². The zero-order valence-electron chi connectivity index (χ0n) is 14.9. The fraction of sp³-hybridized carbons (Fsp3) is 0.421. The number of hydrogen-bond donors (Lipinski definition) is 2. The average Bonchev–Trinajstić information content (AvgIpc) is 2.62. The van der Waals surface area contributed by atoms with Gasteiger partial charge in [-0.1, -0.05) is 0 Å². The first-order valence-electron chi connectivity index (χ1n) is 8.61. The highest BCUT2D eigenvalue weighted by molar-refractivity contribution is 5.87. The molecule has 3 N–H and O–H groups in total. The van der Waals surface area contributed by atoms with E-state index in [-0.39, 0.29) is 29.9 Å². The van der Waals surface area contributed by atoms with Gasteiger partial charge in [-0.05, 0) is 44.4 Å². The summed E-state index contributed by atoms with van der Waals surface area (Å²) < 4.78 is 5.37. The summed E-state index contributed by atoms with van der Waals surface area (Å²) in [6, 6.07) is 3.23. The van der Waals surface area contributed by atoms with E-state index < -0.39 is 5.63 Å². The van der Waals surface area contributed by atoms with Gasteiger partial charge in [0.15, 0.2) is 0 Å². The second-order valence-electron chi connectivity index (χ2n) is 6.81. The van der Waals surface area contributed by atoms with Crippen molar-refractivity contribution >= 4 is 22.8 Å². The number of phenols is 1. The number of aryl methyl sites for hydroxylation is 2. The lowest BCUT2D eigenvalue weighted by atomic mass is 9.95. The van der Waals surface area contributed by atoms with Gasteiger partial charge in [-0.25, -0.2) is 4.79 Å². The highest BCUT2D eigenvalue weighted by atomic mass is 16.4. The molecule has 0 bridgehead atoms. The Morgan fingerprint density at radius 1 is 1.23 bits per heavy atom. The predicted octanol–water partition coefficient (Wildman–Crippen LogP) is 1.38. The molecule has 2 amide bonds. The minimum absolute atomic E-state index is 0.0503. The van der Waals surface area contributed by atoms with Gasteiger partial charge in [0.25, 0.3) is 0 Å². The molecule has 26 heavy (non-hydrogen) atoms.